The molecule has 2 nitrogen and oxygen atoms in total. The molecule has 1 aromatic carbocycles. The number of benzene rings is 1. The van der Waals surface area contributed by atoms with E-state index < -0.39 is 0 Å². The van der Waals surface area contributed by atoms with Gasteiger partial charge in [-0.05, 0) is 43.5 Å². The Hall–Kier alpha value is -0.640. The van der Waals surface area contributed by atoms with E-state index in [2.05, 4.69) is 11.8 Å². The Morgan fingerprint density at radius 2 is 2.29 bits per heavy atom. The molecule has 1 fully saturated rings. The average Bonchev–Trinajstić information content (AvgIpc) is 2.65. The maximum absolute atomic E-state index is 13.0. The number of rotatable bonds is 3. The van der Waals surface area contributed by atoms with Gasteiger partial charge in [0.05, 0.1) is 5.02 Å². The third-order valence-corrected chi connectivity index (χ3v) is 3.78. The molecule has 0 aliphatic carbocycles. The molecule has 0 saturated carbocycles. The first kappa shape index (κ1) is 12.8. The first-order valence-electron chi connectivity index (χ1n) is 5.98. The van der Waals surface area contributed by atoms with Crippen LogP contribution in [0.2, 0.25) is 5.02 Å². The van der Waals surface area contributed by atoms with E-state index in [-0.39, 0.29) is 10.8 Å². The molecule has 2 unspecified atom stereocenters. The normalized spacial score (nSPS) is 25.4. The molecule has 1 aliphatic rings. The smallest absolute Gasteiger partial charge is 0.141 e. The van der Waals surface area contributed by atoms with Crippen molar-refractivity contribution in [3.05, 3.63) is 34.6 Å². The van der Waals surface area contributed by atoms with E-state index in [0.717, 1.165) is 31.6 Å². The molecule has 94 valence electrons. The topological polar surface area (TPSA) is 29.3 Å². The highest BCUT2D eigenvalue weighted by Gasteiger charge is 2.27. The summed E-state index contributed by atoms with van der Waals surface area (Å²) in [6, 6.07) is 5.47. The second-order valence-electron chi connectivity index (χ2n) is 4.86. The fourth-order valence-corrected chi connectivity index (χ4v) is 2.68. The van der Waals surface area contributed by atoms with Gasteiger partial charge in [-0.25, -0.2) is 4.39 Å². The van der Waals surface area contributed by atoms with Gasteiger partial charge in [0.25, 0.3) is 0 Å². The van der Waals surface area contributed by atoms with Crippen molar-refractivity contribution >= 4 is 11.6 Å². The van der Waals surface area contributed by atoms with Crippen LogP contribution in [0, 0.1) is 11.7 Å². The van der Waals surface area contributed by atoms with Crippen LogP contribution in [0.1, 0.15) is 18.9 Å². The van der Waals surface area contributed by atoms with E-state index in [0.29, 0.717) is 12.0 Å². The SMILES string of the molecule is CC1CC(CN)CN1Cc1ccc(F)c(Cl)c1. The molecule has 2 rings (SSSR count). The van der Waals surface area contributed by atoms with Crippen LogP contribution in [0.15, 0.2) is 18.2 Å². The summed E-state index contributed by atoms with van der Waals surface area (Å²) in [4.78, 5) is 2.38. The van der Waals surface area contributed by atoms with Gasteiger partial charge in [0, 0.05) is 19.1 Å². The first-order chi connectivity index (χ1) is 8.10. The zero-order chi connectivity index (χ0) is 12.4. The van der Waals surface area contributed by atoms with Crippen molar-refractivity contribution in [2.24, 2.45) is 11.7 Å². The molecule has 0 bridgehead atoms. The lowest BCUT2D eigenvalue weighted by atomic mass is 10.1. The molecule has 0 radical (unpaired) electrons. The number of hydrogen-bond donors (Lipinski definition) is 1. The standard InChI is InChI=1S/C13H18ClFN2/c1-9-4-11(6-16)8-17(9)7-10-2-3-13(15)12(14)5-10/h2-3,5,9,11H,4,6-8,16H2,1H3. The van der Waals surface area contributed by atoms with Gasteiger partial charge in [-0.15, -0.1) is 0 Å². The third kappa shape index (κ3) is 2.97. The molecule has 4 heteroatoms. The summed E-state index contributed by atoms with van der Waals surface area (Å²) in [5, 5.41) is 0.199. The highest BCUT2D eigenvalue weighted by molar-refractivity contribution is 6.30. The Kier molecular flexibility index (Phi) is 4.02. The minimum Gasteiger partial charge on any atom is -0.330 e. The van der Waals surface area contributed by atoms with E-state index in [1.807, 2.05) is 0 Å². The van der Waals surface area contributed by atoms with Gasteiger partial charge in [-0.2, -0.15) is 0 Å². The summed E-state index contributed by atoms with van der Waals surface area (Å²) in [6.07, 6.45) is 1.14. The van der Waals surface area contributed by atoms with Gasteiger partial charge in [-0.3, -0.25) is 4.90 Å². The molecule has 2 N–H and O–H groups in total. The molecular weight excluding hydrogens is 239 g/mol. The summed E-state index contributed by atoms with van der Waals surface area (Å²) in [5.74, 6) is 0.227. The van der Waals surface area contributed by atoms with E-state index in [1.54, 1.807) is 12.1 Å². The van der Waals surface area contributed by atoms with Gasteiger partial charge < -0.3 is 5.73 Å². The Bertz CT molecular complexity index is 397. The van der Waals surface area contributed by atoms with Crippen LogP contribution in [-0.2, 0) is 6.54 Å². The number of hydrogen-bond acceptors (Lipinski definition) is 2. The minimum absolute atomic E-state index is 0.199. The molecule has 2 atom stereocenters. The van der Waals surface area contributed by atoms with E-state index in [9.17, 15) is 4.39 Å². The lowest BCUT2D eigenvalue weighted by Crippen LogP contribution is -2.27. The molecule has 0 amide bonds. The van der Waals surface area contributed by atoms with Gasteiger partial charge in [0.2, 0.25) is 0 Å². The Balaban J connectivity index is 2.03. The maximum atomic E-state index is 13.0. The van der Waals surface area contributed by atoms with Crippen molar-refractivity contribution in [1.82, 2.24) is 4.90 Å². The van der Waals surface area contributed by atoms with Gasteiger partial charge in [0.1, 0.15) is 5.82 Å². The maximum Gasteiger partial charge on any atom is 0.141 e. The summed E-state index contributed by atoms with van der Waals surface area (Å²) in [5.41, 5.74) is 6.75. The first-order valence-corrected chi connectivity index (χ1v) is 6.36. The fourth-order valence-electron chi connectivity index (χ4n) is 2.48. The molecule has 17 heavy (non-hydrogen) atoms. The van der Waals surface area contributed by atoms with Crippen LogP contribution in [-0.4, -0.2) is 24.0 Å². The molecule has 1 heterocycles. The van der Waals surface area contributed by atoms with Crippen LogP contribution in [0.5, 0.6) is 0 Å². The fraction of sp³-hybridized carbons (Fsp3) is 0.538. The van der Waals surface area contributed by atoms with Crippen LogP contribution in [0.25, 0.3) is 0 Å². The lowest BCUT2D eigenvalue weighted by Gasteiger charge is -2.21. The van der Waals surface area contributed by atoms with Gasteiger partial charge in [0.15, 0.2) is 0 Å². The molecule has 1 saturated heterocycles. The zero-order valence-corrected chi connectivity index (χ0v) is 10.8. The van der Waals surface area contributed by atoms with Crippen molar-refractivity contribution in [2.75, 3.05) is 13.1 Å². The highest BCUT2D eigenvalue weighted by Crippen LogP contribution is 2.25. The summed E-state index contributed by atoms with van der Waals surface area (Å²) in [6.45, 7) is 4.79. The molecule has 1 aromatic rings. The van der Waals surface area contributed by atoms with Gasteiger partial charge >= 0.3 is 0 Å². The predicted molar refractivity (Wildman–Crippen MR) is 68.4 cm³/mol. The number of nitrogens with zero attached hydrogens (tertiary/aromatic N) is 1. The van der Waals surface area contributed by atoms with Crippen molar-refractivity contribution in [1.29, 1.82) is 0 Å². The number of likely N-dealkylation sites (tertiary alicyclic amines) is 1. The van der Waals surface area contributed by atoms with Crippen LogP contribution in [0.4, 0.5) is 4.39 Å². The van der Waals surface area contributed by atoms with Crippen LogP contribution < -0.4 is 5.73 Å². The summed E-state index contributed by atoms with van der Waals surface area (Å²) < 4.78 is 13.0. The monoisotopic (exact) mass is 256 g/mol. The Morgan fingerprint density at radius 1 is 1.53 bits per heavy atom. The predicted octanol–water partition coefficient (Wildman–Crippen LogP) is 2.65. The Labute approximate surface area is 107 Å². The largest absolute Gasteiger partial charge is 0.330 e. The summed E-state index contributed by atoms with van der Waals surface area (Å²) >= 11 is 5.78. The molecule has 0 spiro atoms. The van der Waals surface area contributed by atoms with Crippen LogP contribution >= 0.6 is 11.6 Å². The summed E-state index contributed by atoms with van der Waals surface area (Å²) in [7, 11) is 0. The van der Waals surface area contributed by atoms with Crippen molar-refractivity contribution in [3.63, 3.8) is 0 Å². The minimum atomic E-state index is -0.357. The lowest BCUT2D eigenvalue weighted by molar-refractivity contribution is 0.256. The Morgan fingerprint density at radius 3 is 2.88 bits per heavy atom. The molecule has 0 aromatic heterocycles. The number of nitrogens with two attached hydrogens (primary N) is 1. The van der Waals surface area contributed by atoms with Crippen molar-refractivity contribution in [3.8, 4) is 0 Å². The van der Waals surface area contributed by atoms with Crippen molar-refractivity contribution < 1.29 is 4.39 Å². The number of halogens is 2. The average molecular weight is 257 g/mol. The van der Waals surface area contributed by atoms with E-state index in [1.165, 1.54) is 6.07 Å². The second kappa shape index (κ2) is 5.34. The van der Waals surface area contributed by atoms with Crippen LogP contribution in [0.3, 0.4) is 0 Å². The zero-order valence-electron chi connectivity index (χ0n) is 10.00. The quantitative estimate of drug-likeness (QED) is 0.901. The third-order valence-electron chi connectivity index (χ3n) is 3.49. The van der Waals surface area contributed by atoms with Gasteiger partial charge in [-0.1, -0.05) is 17.7 Å². The molecular formula is C13H18ClFN2. The van der Waals surface area contributed by atoms with E-state index in [4.69, 9.17) is 17.3 Å². The molecule has 1 aliphatic heterocycles. The van der Waals surface area contributed by atoms with E-state index >= 15 is 0 Å². The second-order valence-corrected chi connectivity index (χ2v) is 5.27. The highest BCUT2D eigenvalue weighted by atomic mass is 35.5. The van der Waals surface area contributed by atoms with Crippen molar-refractivity contribution in [2.45, 2.75) is 25.9 Å².